The second kappa shape index (κ2) is 9.02. The predicted octanol–water partition coefficient (Wildman–Crippen LogP) is 3.76. The van der Waals surface area contributed by atoms with E-state index in [0.717, 1.165) is 29.8 Å². The molecule has 2 aliphatic rings. The fourth-order valence-corrected chi connectivity index (χ4v) is 4.28. The van der Waals surface area contributed by atoms with Gasteiger partial charge in [0.2, 0.25) is 0 Å². The summed E-state index contributed by atoms with van der Waals surface area (Å²) in [5.74, 6) is 1.72. The third kappa shape index (κ3) is 4.41. The summed E-state index contributed by atoms with van der Waals surface area (Å²) in [6, 6.07) is 14.8. The number of amides is 1. The molecule has 1 atom stereocenters. The Kier molecular flexibility index (Phi) is 5.95. The Bertz CT molecular complexity index is 1070. The maximum atomic E-state index is 13.0. The second-order valence-corrected chi connectivity index (χ2v) is 8.82. The molecule has 2 heterocycles. The second-order valence-electron chi connectivity index (χ2n) is 8.39. The SMILES string of the molecule is O=C(c1ccc(-c2nc(C3CC3)no2)cc1)N1CCN(C(CO)c2ccc(Cl)cc2)CC1. The van der Waals surface area contributed by atoms with Gasteiger partial charge in [0.05, 0.1) is 12.6 Å². The summed E-state index contributed by atoms with van der Waals surface area (Å²) in [6.45, 7) is 2.64. The molecular formula is C24H25ClN4O3. The van der Waals surface area contributed by atoms with E-state index in [4.69, 9.17) is 16.1 Å². The third-order valence-electron chi connectivity index (χ3n) is 6.23. The number of aromatic nitrogens is 2. The minimum atomic E-state index is -0.0984. The first-order chi connectivity index (χ1) is 15.6. The lowest BCUT2D eigenvalue weighted by atomic mass is 10.0. The zero-order valence-electron chi connectivity index (χ0n) is 17.7. The molecule has 8 heteroatoms. The Morgan fingerprint density at radius 2 is 1.75 bits per heavy atom. The standard InChI is InChI=1S/C24H25ClN4O3/c25-20-9-7-16(8-10-20)21(15-30)28-11-13-29(14-12-28)24(31)19-5-3-18(4-6-19)23-26-22(27-32-23)17-1-2-17/h3-10,17,21,30H,1-2,11-15H2. The van der Waals surface area contributed by atoms with Crippen LogP contribution in [0, 0.1) is 0 Å². The zero-order chi connectivity index (χ0) is 22.1. The van der Waals surface area contributed by atoms with Crippen LogP contribution in [0.4, 0.5) is 0 Å². The van der Waals surface area contributed by atoms with Crippen molar-refractivity contribution in [2.75, 3.05) is 32.8 Å². The van der Waals surface area contributed by atoms with Crippen molar-refractivity contribution >= 4 is 17.5 Å². The fraction of sp³-hybridized carbons (Fsp3) is 0.375. The van der Waals surface area contributed by atoms with Crippen molar-refractivity contribution in [2.24, 2.45) is 0 Å². The Balaban J connectivity index is 1.20. The maximum Gasteiger partial charge on any atom is 0.257 e. The molecule has 5 rings (SSSR count). The van der Waals surface area contributed by atoms with Crippen LogP contribution in [0.15, 0.2) is 53.1 Å². The molecule has 1 N–H and O–H groups in total. The molecule has 1 aliphatic carbocycles. The first-order valence-corrected chi connectivity index (χ1v) is 11.3. The van der Waals surface area contributed by atoms with Gasteiger partial charge < -0.3 is 14.5 Å². The van der Waals surface area contributed by atoms with Crippen LogP contribution < -0.4 is 0 Å². The van der Waals surface area contributed by atoms with E-state index >= 15 is 0 Å². The summed E-state index contributed by atoms with van der Waals surface area (Å²) in [4.78, 5) is 21.5. The lowest BCUT2D eigenvalue weighted by Gasteiger charge is -2.39. The van der Waals surface area contributed by atoms with E-state index in [1.165, 1.54) is 0 Å². The normalized spacial score (nSPS) is 18.0. The summed E-state index contributed by atoms with van der Waals surface area (Å²) < 4.78 is 5.37. The summed E-state index contributed by atoms with van der Waals surface area (Å²) in [5.41, 5.74) is 2.48. The molecule has 1 aliphatic heterocycles. The van der Waals surface area contributed by atoms with Crippen molar-refractivity contribution in [1.82, 2.24) is 19.9 Å². The zero-order valence-corrected chi connectivity index (χ0v) is 18.4. The Labute approximate surface area is 191 Å². The number of carbonyl (C=O) groups is 1. The van der Waals surface area contributed by atoms with E-state index in [9.17, 15) is 9.90 Å². The van der Waals surface area contributed by atoms with Gasteiger partial charge in [0, 0.05) is 48.2 Å². The van der Waals surface area contributed by atoms with Crippen LogP contribution in [0.1, 0.15) is 46.5 Å². The lowest BCUT2D eigenvalue weighted by Crippen LogP contribution is -2.50. The molecule has 1 saturated heterocycles. The predicted molar refractivity (Wildman–Crippen MR) is 120 cm³/mol. The Hall–Kier alpha value is -2.74. The highest BCUT2D eigenvalue weighted by Gasteiger charge is 2.29. The summed E-state index contributed by atoms with van der Waals surface area (Å²) >= 11 is 5.99. The minimum absolute atomic E-state index is 0.00689. The van der Waals surface area contributed by atoms with Crippen molar-refractivity contribution in [3.05, 3.63) is 70.5 Å². The quantitative estimate of drug-likeness (QED) is 0.613. The smallest absolute Gasteiger partial charge is 0.257 e. The molecule has 7 nitrogen and oxygen atoms in total. The third-order valence-corrected chi connectivity index (χ3v) is 6.48. The van der Waals surface area contributed by atoms with Crippen molar-refractivity contribution in [1.29, 1.82) is 0 Å². The average Bonchev–Trinajstić information content (AvgIpc) is 3.57. The molecule has 1 unspecified atom stereocenters. The van der Waals surface area contributed by atoms with Gasteiger partial charge >= 0.3 is 0 Å². The van der Waals surface area contributed by atoms with Crippen LogP contribution in [-0.4, -0.2) is 63.7 Å². The van der Waals surface area contributed by atoms with Crippen molar-refractivity contribution < 1.29 is 14.4 Å². The number of aliphatic hydroxyl groups excluding tert-OH is 1. The van der Waals surface area contributed by atoms with Gasteiger partial charge in [-0.05, 0) is 54.8 Å². The van der Waals surface area contributed by atoms with Gasteiger partial charge in [-0.3, -0.25) is 9.69 Å². The van der Waals surface area contributed by atoms with E-state index < -0.39 is 0 Å². The number of piperazine rings is 1. The first kappa shape index (κ1) is 21.1. The lowest BCUT2D eigenvalue weighted by molar-refractivity contribution is 0.0477. The molecule has 166 valence electrons. The number of aliphatic hydroxyl groups is 1. The van der Waals surface area contributed by atoms with E-state index in [2.05, 4.69) is 15.0 Å². The van der Waals surface area contributed by atoms with Crippen LogP contribution in [0.25, 0.3) is 11.5 Å². The monoisotopic (exact) mass is 452 g/mol. The summed E-state index contributed by atoms with van der Waals surface area (Å²) in [6.07, 6.45) is 2.25. The van der Waals surface area contributed by atoms with Crippen LogP contribution >= 0.6 is 11.6 Å². The van der Waals surface area contributed by atoms with E-state index in [1.54, 1.807) is 0 Å². The molecule has 0 spiro atoms. The fourth-order valence-electron chi connectivity index (χ4n) is 4.15. The number of halogens is 1. The average molecular weight is 453 g/mol. The number of rotatable bonds is 6. The van der Waals surface area contributed by atoms with Crippen LogP contribution in [0.5, 0.6) is 0 Å². The number of carbonyl (C=O) groups excluding carboxylic acids is 1. The van der Waals surface area contributed by atoms with Gasteiger partial charge in [-0.15, -0.1) is 0 Å². The van der Waals surface area contributed by atoms with Crippen LogP contribution in [0.3, 0.4) is 0 Å². The molecule has 1 aromatic heterocycles. The highest BCUT2D eigenvalue weighted by molar-refractivity contribution is 6.30. The molecule has 2 aromatic carbocycles. The maximum absolute atomic E-state index is 13.0. The molecular weight excluding hydrogens is 428 g/mol. The van der Waals surface area contributed by atoms with Gasteiger partial charge in [0.1, 0.15) is 0 Å². The molecule has 0 bridgehead atoms. The largest absolute Gasteiger partial charge is 0.394 e. The van der Waals surface area contributed by atoms with Gasteiger partial charge in [0.15, 0.2) is 5.82 Å². The van der Waals surface area contributed by atoms with Gasteiger partial charge in [-0.1, -0.05) is 28.9 Å². The molecule has 2 fully saturated rings. The number of hydrogen-bond acceptors (Lipinski definition) is 6. The molecule has 32 heavy (non-hydrogen) atoms. The first-order valence-electron chi connectivity index (χ1n) is 11.0. The Morgan fingerprint density at radius 1 is 1.06 bits per heavy atom. The Morgan fingerprint density at radius 3 is 2.38 bits per heavy atom. The molecule has 1 saturated carbocycles. The number of benzene rings is 2. The minimum Gasteiger partial charge on any atom is -0.394 e. The van der Waals surface area contributed by atoms with E-state index in [-0.39, 0.29) is 18.6 Å². The highest BCUT2D eigenvalue weighted by atomic mass is 35.5. The molecule has 0 radical (unpaired) electrons. The molecule has 1 amide bonds. The number of hydrogen-bond donors (Lipinski definition) is 1. The van der Waals surface area contributed by atoms with Crippen LogP contribution in [0.2, 0.25) is 5.02 Å². The molecule has 3 aromatic rings. The van der Waals surface area contributed by atoms with Gasteiger partial charge in [0.25, 0.3) is 11.8 Å². The summed E-state index contributed by atoms with van der Waals surface area (Å²) in [5, 5.41) is 14.7. The van der Waals surface area contributed by atoms with Gasteiger partial charge in [-0.2, -0.15) is 4.98 Å². The topological polar surface area (TPSA) is 82.7 Å². The van der Waals surface area contributed by atoms with Crippen molar-refractivity contribution in [2.45, 2.75) is 24.8 Å². The van der Waals surface area contributed by atoms with E-state index in [0.29, 0.717) is 48.6 Å². The van der Waals surface area contributed by atoms with Crippen molar-refractivity contribution in [3.63, 3.8) is 0 Å². The van der Waals surface area contributed by atoms with Crippen molar-refractivity contribution in [3.8, 4) is 11.5 Å². The highest BCUT2D eigenvalue weighted by Crippen LogP contribution is 2.38. The number of nitrogens with zero attached hydrogens (tertiary/aromatic N) is 4. The van der Waals surface area contributed by atoms with Gasteiger partial charge in [-0.25, -0.2) is 0 Å². The summed E-state index contributed by atoms with van der Waals surface area (Å²) in [7, 11) is 0. The van der Waals surface area contributed by atoms with Crippen LogP contribution in [-0.2, 0) is 0 Å². The van der Waals surface area contributed by atoms with E-state index in [1.807, 2.05) is 53.4 Å².